The van der Waals surface area contributed by atoms with Gasteiger partial charge in [0, 0.05) is 33.3 Å². The lowest BCUT2D eigenvalue weighted by Crippen LogP contribution is -2.27. The average molecular weight is 250 g/mol. The third-order valence-corrected chi connectivity index (χ3v) is 3.37. The Hall–Kier alpha value is -1.10. The van der Waals surface area contributed by atoms with Crippen LogP contribution in [0.3, 0.4) is 0 Å². The maximum atomic E-state index is 5.74. The molecular formula is C14H22N2O2. The molecule has 100 valence electrons. The summed E-state index contributed by atoms with van der Waals surface area (Å²) < 4.78 is 11.1. The molecule has 1 atom stereocenters. The van der Waals surface area contributed by atoms with Crippen LogP contribution in [-0.2, 0) is 11.3 Å². The SMILES string of the molecule is COC1CCN(CCOc2cccc(CN)c2)C1. The summed E-state index contributed by atoms with van der Waals surface area (Å²) in [4.78, 5) is 2.38. The van der Waals surface area contributed by atoms with Gasteiger partial charge in [-0.3, -0.25) is 4.90 Å². The van der Waals surface area contributed by atoms with E-state index in [9.17, 15) is 0 Å². The van der Waals surface area contributed by atoms with E-state index >= 15 is 0 Å². The van der Waals surface area contributed by atoms with Crippen molar-refractivity contribution >= 4 is 0 Å². The Kier molecular flexibility index (Phi) is 4.99. The zero-order valence-corrected chi connectivity index (χ0v) is 11.0. The van der Waals surface area contributed by atoms with Gasteiger partial charge in [-0.05, 0) is 24.1 Å². The molecule has 2 N–H and O–H groups in total. The third kappa shape index (κ3) is 3.70. The lowest BCUT2D eigenvalue weighted by molar-refractivity contribution is 0.106. The zero-order valence-electron chi connectivity index (χ0n) is 11.0. The second kappa shape index (κ2) is 6.73. The molecule has 0 saturated carbocycles. The van der Waals surface area contributed by atoms with E-state index in [1.54, 1.807) is 7.11 Å². The van der Waals surface area contributed by atoms with Crippen LogP contribution in [0, 0.1) is 0 Å². The average Bonchev–Trinajstić information content (AvgIpc) is 2.87. The topological polar surface area (TPSA) is 47.7 Å². The van der Waals surface area contributed by atoms with Crippen molar-refractivity contribution in [2.45, 2.75) is 19.1 Å². The second-order valence-electron chi connectivity index (χ2n) is 4.65. The monoisotopic (exact) mass is 250 g/mol. The van der Waals surface area contributed by atoms with Crippen molar-refractivity contribution in [3.63, 3.8) is 0 Å². The maximum absolute atomic E-state index is 5.74. The van der Waals surface area contributed by atoms with Crippen molar-refractivity contribution in [1.82, 2.24) is 4.90 Å². The van der Waals surface area contributed by atoms with Gasteiger partial charge in [-0.1, -0.05) is 12.1 Å². The molecule has 0 bridgehead atoms. The highest BCUT2D eigenvalue weighted by molar-refractivity contribution is 5.28. The molecule has 0 spiro atoms. The van der Waals surface area contributed by atoms with Crippen LogP contribution < -0.4 is 10.5 Å². The van der Waals surface area contributed by atoms with Crippen LogP contribution in [0.1, 0.15) is 12.0 Å². The molecule has 1 aliphatic rings. The predicted octanol–water partition coefficient (Wildman–Crippen LogP) is 1.24. The maximum Gasteiger partial charge on any atom is 0.119 e. The molecule has 1 saturated heterocycles. The molecule has 18 heavy (non-hydrogen) atoms. The van der Waals surface area contributed by atoms with E-state index in [2.05, 4.69) is 4.90 Å². The molecule has 1 aromatic carbocycles. The molecule has 4 nitrogen and oxygen atoms in total. The van der Waals surface area contributed by atoms with Gasteiger partial charge < -0.3 is 15.2 Å². The van der Waals surface area contributed by atoms with Gasteiger partial charge in [-0.2, -0.15) is 0 Å². The number of nitrogens with zero attached hydrogens (tertiary/aromatic N) is 1. The Bertz CT molecular complexity index is 371. The van der Waals surface area contributed by atoms with Crippen molar-refractivity contribution in [2.75, 3.05) is 33.4 Å². The summed E-state index contributed by atoms with van der Waals surface area (Å²) in [6, 6.07) is 7.97. The van der Waals surface area contributed by atoms with E-state index < -0.39 is 0 Å². The number of hydrogen-bond acceptors (Lipinski definition) is 4. The lowest BCUT2D eigenvalue weighted by Gasteiger charge is -2.16. The molecule has 0 aliphatic carbocycles. The van der Waals surface area contributed by atoms with Crippen LogP contribution in [0.15, 0.2) is 24.3 Å². The predicted molar refractivity (Wildman–Crippen MR) is 71.7 cm³/mol. The van der Waals surface area contributed by atoms with E-state index in [0.29, 0.717) is 19.3 Å². The van der Waals surface area contributed by atoms with Gasteiger partial charge in [0.05, 0.1) is 6.10 Å². The summed E-state index contributed by atoms with van der Waals surface area (Å²) in [5.74, 6) is 0.903. The Morgan fingerprint density at radius 1 is 1.44 bits per heavy atom. The standard InChI is InChI=1S/C14H22N2O2/c1-17-14-5-6-16(11-14)7-8-18-13-4-2-3-12(9-13)10-15/h2-4,9,14H,5-8,10-11,15H2,1H3. The molecule has 1 heterocycles. The summed E-state index contributed by atoms with van der Waals surface area (Å²) in [6.07, 6.45) is 1.52. The van der Waals surface area contributed by atoms with Crippen molar-refractivity contribution in [3.8, 4) is 5.75 Å². The smallest absolute Gasteiger partial charge is 0.119 e. The van der Waals surface area contributed by atoms with Crippen LogP contribution in [0.25, 0.3) is 0 Å². The first kappa shape index (κ1) is 13.3. The van der Waals surface area contributed by atoms with Crippen LogP contribution in [0.2, 0.25) is 0 Å². The van der Waals surface area contributed by atoms with E-state index in [1.807, 2.05) is 24.3 Å². The number of hydrogen-bond donors (Lipinski definition) is 1. The Labute approximate surface area is 109 Å². The van der Waals surface area contributed by atoms with Crippen molar-refractivity contribution in [1.29, 1.82) is 0 Å². The summed E-state index contributed by atoms with van der Waals surface area (Å²) in [5.41, 5.74) is 6.70. The van der Waals surface area contributed by atoms with E-state index in [1.165, 1.54) is 0 Å². The molecule has 1 fully saturated rings. The fourth-order valence-electron chi connectivity index (χ4n) is 2.25. The summed E-state index contributed by atoms with van der Waals surface area (Å²) in [6.45, 7) is 4.34. The molecule has 0 aromatic heterocycles. The van der Waals surface area contributed by atoms with Gasteiger partial charge >= 0.3 is 0 Å². The lowest BCUT2D eigenvalue weighted by atomic mass is 10.2. The Balaban J connectivity index is 1.72. The first-order valence-electron chi connectivity index (χ1n) is 6.49. The van der Waals surface area contributed by atoms with Crippen LogP contribution in [0.5, 0.6) is 5.75 Å². The number of benzene rings is 1. The Morgan fingerprint density at radius 2 is 2.33 bits per heavy atom. The van der Waals surface area contributed by atoms with E-state index in [-0.39, 0.29) is 0 Å². The summed E-state index contributed by atoms with van der Waals surface area (Å²) >= 11 is 0. The second-order valence-corrected chi connectivity index (χ2v) is 4.65. The summed E-state index contributed by atoms with van der Waals surface area (Å²) in [7, 11) is 1.78. The summed E-state index contributed by atoms with van der Waals surface area (Å²) in [5, 5.41) is 0. The molecule has 2 rings (SSSR count). The zero-order chi connectivity index (χ0) is 12.8. The number of nitrogens with two attached hydrogens (primary N) is 1. The number of methoxy groups -OCH3 is 1. The highest BCUT2D eigenvalue weighted by atomic mass is 16.5. The number of ether oxygens (including phenoxy) is 2. The minimum absolute atomic E-state index is 0.394. The largest absolute Gasteiger partial charge is 0.492 e. The van der Waals surface area contributed by atoms with Gasteiger partial charge in [0.1, 0.15) is 12.4 Å². The van der Waals surface area contributed by atoms with Crippen molar-refractivity contribution < 1.29 is 9.47 Å². The third-order valence-electron chi connectivity index (χ3n) is 3.37. The van der Waals surface area contributed by atoms with Crippen molar-refractivity contribution in [2.24, 2.45) is 5.73 Å². The first-order valence-corrected chi connectivity index (χ1v) is 6.49. The molecule has 0 radical (unpaired) electrons. The highest BCUT2D eigenvalue weighted by Gasteiger charge is 2.21. The Morgan fingerprint density at radius 3 is 3.06 bits per heavy atom. The highest BCUT2D eigenvalue weighted by Crippen LogP contribution is 2.14. The van der Waals surface area contributed by atoms with E-state index in [0.717, 1.165) is 37.4 Å². The number of likely N-dealkylation sites (tertiary alicyclic amines) is 1. The van der Waals surface area contributed by atoms with Gasteiger partial charge in [-0.15, -0.1) is 0 Å². The van der Waals surface area contributed by atoms with Gasteiger partial charge in [0.15, 0.2) is 0 Å². The minimum Gasteiger partial charge on any atom is -0.492 e. The molecule has 1 aliphatic heterocycles. The molecule has 0 amide bonds. The fraction of sp³-hybridized carbons (Fsp3) is 0.571. The van der Waals surface area contributed by atoms with Gasteiger partial charge in [0.2, 0.25) is 0 Å². The molecular weight excluding hydrogens is 228 g/mol. The van der Waals surface area contributed by atoms with Gasteiger partial charge in [0.25, 0.3) is 0 Å². The fourth-order valence-corrected chi connectivity index (χ4v) is 2.25. The molecule has 1 aromatic rings. The van der Waals surface area contributed by atoms with Crippen LogP contribution in [0.4, 0.5) is 0 Å². The number of rotatable bonds is 6. The van der Waals surface area contributed by atoms with Crippen LogP contribution >= 0.6 is 0 Å². The molecule has 1 unspecified atom stereocenters. The molecule has 4 heteroatoms. The van der Waals surface area contributed by atoms with E-state index in [4.69, 9.17) is 15.2 Å². The normalized spacial score (nSPS) is 20.2. The van der Waals surface area contributed by atoms with Crippen LogP contribution in [-0.4, -0.2) is 44.4 Å². The van der Waals surface area contributed by atoms with Crippen molar-refractivity contribution in [3.05, 3.63) is 29.8 Å². The first-order chi connectivity index (χ1) is 8.81. The van der Waals surface area contributed by atoms with Gasteiger partial charge in [-0.25, -0.2) is 0 Å². The quantitative estimate of drug-likeness (QED) is 0.825. The minimum atomic E-state index is 0.394.